The molecular formula is C17H19ClN2O. The summed E-state index contributed by atoms with van der Waals surface area (Å²) in [5, 5.41) is 3.90. The fourth-order valence-electron chi connectivity index (χ4n) is 2.53. The third kappa shape index (κ3) is 3.03. The Labute approximate surface area is 130 Å². The van der Waals surface area contributed by atoms with Gasteiger partial charge in [0.15, 0.2) is 0 Å². The fraction of sp³-hybridized carbons (Fsp3) is 0.235. The number of hydrogen-bond donors (Lipinski definition) is 2. The molecule has 2 aromatic rings. The predicted molar refractivity (Wildman–Crippen MR) is 87.2 cm³/mol. The summed E-state index contributed by atoms with van der Waals surface area (Å²) in [7, 11) is 0. The van der Waals surface area contributed by atoms with Gasteiger partial charge in [-0.05, 0) is 29.7 Å². The molecule has 0 heterocycles. The van der Waals surface area contributed by atoms with Gasteiger partial charge in [0.05, 0.1) is 0 Å². The Hall–Kier alpha value is -2.00. The number of benzene rings is 2. The monoisotopic (exact) mass is 302 g/mol. The van der Waals surface area contributed by atoms with Gasteiger partial charge in [0, 0.05) is 10.7 Å². The molecule has 0 fully saturated rings. The summed E-state index contributed by atoms with van der Waals surface area (Å²) < 4.78 is 0. The van der Waals surface area contributed by atoms with Crippen LogP contribution in [-0.2, 0) is 10.3 Å². The second-order valence-corrected chi connectivity index (χ2v) is 5.76. The number of amides is 1. The van der Waals surface area contributed by atoms with Crippen molar-refractivity contribution in [1.29, 1.82) is 0 Å². The predicted octanol–water partition coefficient (Wildman–Crippen LogP) is 3.79. The van der Waals surface area contributed by atoms with E-state index in [1.54, 1.807) is 12.1 Å². The maximum Gasteiger partial charge on any atom is 0.248 e. The van der Waals surface area contributed by atoms with Crippen molar-refractivity contribution in [3.63, 3.8) is 0 Å². The van der Waals surface area contributed by atoms with Gasteiger partial charge in [-0.1, -0.05) is 61.8 Å². The Balaban J connectivity index is 2.53. The van der Waals surface area contributed by atoms with E-state index in [1.807, 2.05) is 56.3 Å². The van der Waals surface area contributed by atoms with Crippen LogP contribution in [-0.4, -0.2) is 5.91 Å². The van der Waals surface area contributed by atoms with Crippen molar-refractivity contribution in [3.05, 3.63) is 65.2 Å². The topological polar surface area (TPSA) is 55.1 Å². The Morgan fingerprint density at radius 1 is 1.14 bits per heavy atom. The lowest BCUT2D eigenvalue weighted by Crippen LogP contribution is -2.51. The van der Waals surface area contributed by atoms with Crippen molar-refractivity contribution >= 4 is 23.2 Å². The van der Waals surface area contributed by atoms with Crippen LogP contribution in [0.3, 0.4) is 0 Å². The Kier molecular flexibility index (Phi) is 4.53. The molecule has 110 valence electrons. The highest BCUT2D eigenvalue weighted by atomic mass is 35.5. The molecule has 0 aromatic heterocycles. The SMILES string of the molecule is CC(C)C(Nc1cccc(Cl)c1)(C(N)=O)c1ccccc1. The standard InChI is InChI=1S/C17H19ClN2O/c1-12(2)17(16(19)21,13-7-4-3-5-8-13)20-15-10-6-9-14(18)11-15/h3-12,20H,1-2H3,(H2,19,21). The number of nitrogens with one attached hydrogen (secondary N) is 1. The quantitative estimate of drug-likeness (QED) is 0.883. The second-order valence-electron chi connectivity index (χ2n) is 5.33. The highest BCUT2D eigenvalue weighted by molar-refractivity contribution is 6.30. The number of rotatable bonds is 5. The van der Waals surface area contributed by atoms with Crippen LogP contribution in [0.25, 0.3) is 0 Å². The maximum atomic E-state index is 12.3. The summed E-state index contributed by atoms with van der Waals surface area (Å²) in [5.74, 6) is -0.444. The molecule has 0 spiro atoms. The van der Waals surface area contributed by atoms with E-state index in [2.05, 4.69) is 5.32 Å². The summed E-state index contributed by atoms with van der Waals surface area (Å²) in [5.41, 5.74) is 6.38. The first-order chi connectivity index (χ1) is 9.96. The van der Waals surface area contributed by atoms with Crippen LogP contribution in [0.2, 0.25) is 5.02 Å². The Bertz CT molecular complexity index is 628. The number of primary amides is 1. The average Bonchev–Trinajstić information content (AvgIpc) is 2.45. The normalized spacial score (nSPS) is 13.7. The zero-order chi connectivity index (χ0) is 15.5. The molecule has 0 saturated heterocycles. The van der Waals surface area contributed by atoms with Crippen LogP contribution in [0.5, 0.6) is 0 Å². The highest BCUT2D eigenvalue weighted by Gasteiger charge is 2.41. The van der Waals surface area contributed by atoms with Crippen LogP contribution in [0.4, 0.5) is 5.69 Å². The second kappa shape index (κ2) is 6.19. The summed E-state index contributed by atoms with van der Waals surface area (Å²) in [6, 6.07) is 16.8. The molecule has 0 saturated carbocycles. The van der Waals surface area contributed by atoms with Gasteiger partial charge >= 0.3 is 0 Å². The number of carbonyl (C=O) groups is 1. The third-order valence-corrected chi connectivity index (χ3v) is 3.89. The van der Waals surface area contributed by atoms with E-state index in [-0.39, 0.29) is 5.92 Å². The molecule has 2 rings (SSSR count). The molecule has 3 nitrogen and oxygen atoms in total. The zero-order valence-electron chi connectivity index (χ0n) is 12.1. The molecule has 3 N–H and O–H groups in total. The minimum Gasteiger partial charge on any atom is -0.367 e. The van der Waals surface area contributed by atoms with Gasteiger partial charge in [-0.3, -0.25) is 4.79 Å². The number of carbonyl (C=O) groups excluding carboxylic acids is 1. The van der Waals surface area contributed by atoms with Crippen molar-refractivity contribution in [1.82, 2.24) is 0 Å². The van der Waals surface area contributed by atoms with Gasteiger partial charge in [0.2, 0.25) is 5.91 Å². The van der Waals surface area contributed by atoms with E-state index in [9.17, 15) is 4.79 Å². The van der Waals surface area contributed by atoms with E-state index in [0.717, 1.165) is 11.3 Å². The lowest BCUT2D eigenvalue weighted by atomic mass is 9.79. The van der Waals surface area contributed by atoms with E-state index >= 15 is 0 Å². The lowest BCUT2D eigenvalue weighted by Gasteiger charge is -2.37. The van der Waals surface area contributed by atoms with Gasteiger partial charge < -0.3 is 11.1 Å². The molecule has 2 aromatic carbocycles. The molecule has 1 amide bonds. The van der Waals surface area contributed by atoms with Crippen LogP contribution >= 0.6 is 11.6 Å². The zero-order valence-corrected chi connectivity index (χ0v) is 12.9. The van der Waals surface area contributed by atoms with E-state index in [0.29, 0.717) is 5.02 Å². The molecule has 1 unspecified atom stereocenters. The van der Waals surface area contributed by atoms with Gasteiger partial charge in [-0.2, -0.15) is 0 Å². The number of hydrogen-bond acceptors (Lipinski definition) is 2. The summed E-state index contributed by atoms with van der Waals surface area (Å²) >= 11 is 6.02. The first kappa shape index (κ1) is 15.4. The molecule has 0 radical (unpaired) electrons. The molecule has 0 aliphatic heterocycles. The summed E-state index contributed by atoms with van der Waals surface area (Å²) in [6.07, 6.45) is 0. The summed E-state index contributed by atoms with van der Waals surface area (Å²) in [4.78, 5) is 12.3. The molecule has 1 atom stereocenters. The molecule has 0 aliphatic rings. The van der Waals surface area contributed by atoms with Crippen molar-refractivity contribution in [2.24, 2.45) is 11.7 Å². The first-order valence-corrected chi connectivity index (χ1v) is 7.24. The van der Waals surface area contributed by atoms with Crippen LogP contribution in [0.15, 0.2) is 54.6 Å². The molecule has 0 aliphatic carbocycles. The van der Waals surface area contributed by atoms with Crippen LogP contribution in [0.1, 0.15) is 19.4 Å². The van der Waals surface area contributed by atoms with E-state index in [4.69, 9.17) is 17.3 Å². The van der Waals surface area contributed by atoms with Crippen molar-refractivity contribution in [2.45, 2.75) is 19.4 Å². The minimum absolute atomic E-state index is 0.0311. The van der Waals surface area contributed by atoms with Gasteiger partial charge in [0.25, 0.3) is 0 Å². The number of halogens is 1. The Morgan fingerprint density at radius 2 is 1.81 bits per heavy atom. The van der Waals surface area contributed by atoms with Crippen molar-refractivity contribution in [3.8, 4) is 0 Å². The van der Waals surface area contributed by atoms with Gasteiger partial charge in [0.1, 0.15) is 5.54 Å². The third-order valence-electron chi connectivity index (χ3n) is 3.65. The minimum atomic E-state index is -0.980. The number of anilines is 1. The molecular weight excluding hydrogens is 284 g/mol. The van der Waals surface area contributed by atoms with E-state index in [1.165, 1.54) is 0 Å². The smallest absolute Gasteiger partial charge is 0.248 e. The average molecular weight is 303 g/mol. The summed E-state index contributed by atoms with van der Waals surface area (Å²) in [6.45, 7) is 3.94. The largest absolute Gasteiger partial charge is 0.367 e. The lowest BCUT2D eigenvalue weighted by molar-refractivity contribution is -0.124. The van der Waals surface area contributed by atoms with Crippen LogP contribution < -0.4 is 11.1 Å². The molecule has 4 heteroatoms. The Morgan fingerprint density at radius 3 is 2.33 bits per heavy atom. The molecule has 0 bridgehead atoms. The van der Waals surface area contributed by atoms with Crippen LogP contribution in [0, 0.1) is 5.92 Å². The van der Waals surface area contributed by atoms with Gasteiger partial charge in [-0.15, -0.1) is 0 Å². The fourth-order valence-corrected chi connectivity index (χ4v) is 2.72. The number of nitrogens with two attached hydrogens (primary N) is 1. The maximum absolute atomic E-state index is 12.3. The van der Waals surface area contributed by atoms with Crippen molar-refractivity contribution < 1.29 is 4.79 Å². The molecule has 21 heavy (non-hydrogen) atoms. The highest BCUT2D eigenvalue weighted by Crippen LogP contribution is 2.34. The van der Waals surface area contributed by atoms with Crippen molar-refractivity contribution in [2.75, 3.05) is 5.32 Å². The van der Waals surface area contributed by atoms with E-state index < -0.39 is 11.4 Å². The van der Waals surface area contributed by atoms with Gasteiger partial charge in [-0.25, -0.2) is 0 Å². The first-order valence-electron chi connectivity index (χ1n) is 6.86.